The average molecular weight is 295 g/mol. The third-order valence-corrected chi connectivity index (χ3v) is 4.05. The number of hydrogen-bond donors (Lipinski definition) is 1. The molecule has 1 fully saturated rings. The van der Waals surface area contributed by atoms with Crippen LogP contribution in [-0.4, -0.2) is 16.4 Å². The fraction of sp³-hybridized carbons (Fsp3) is 0.625. The Labute approximate surface area is 126 Å². The number of aromatic nitrogens is 1. The van der Waals surface area contributed by atoms with Gasteiger partial charge in [0, 0.05) is 22.2 Å². The minimum atomic E-state index is -0.158. The van der Waals surface area contributed by atoms with Crippen molar-refractivity contribution in [1.82, 2.24) is 10.3 Å². The van der Waals surface area contributed by atoms with Crippen molar-refractivity contribution in [2.75, 3.05) is 0 Å². The lowest BCUT2D eigenvalue weighted by molar-refractivity contribution is 0.0903. The number of carbonyl (C=O) groups excluding carboxylic acids is 1. The van der Waals surface area contributed by atoms with Crippen LogP contribution >= 0.6 is 11.6 Å². The van der Waals surface area contributed by atoms with Crippen LogP contribution in [0, 0.1) is 5.92 Å². The molecule has 3 nitrogen and oxygen atoms in total. The highest BCUT2D eigenvalue weighted by Crippen LogP contribution is 2.39. The molecule has 0 atom stereocenters. The van der Waals surface area contributed by atoms with Crippen molar-refractivity contribution in [3.63, 3.8) is 0 Å². The summed E-state index contributed by atoms with van der Waals surface area (Å²) in [6.07, 6.45) is 2.38. The molecule has 1 amide bonds. The maximum absolute atomic E-state index is 12.4. The molecule has 0 aliphatic heterocycles. The molecule has 1 N–H and O–H groups in total. The Kier molecular flexibility index (Phi) is 3.85. The first-order chi connectivity index (χ1) is 9.09. The van der Waals surface area contributed by atoms with Crippen molar-refractivity contribution >= 4 is 17.5 Å². The zero-order valence-corrected chi connectivity index (χ0v) is 13.6. The Hall–Kier alpha value is -1.09. The fourth-order valence-corrected chi connectivity index (χ4v) is 2.49. The molecule has 0 aromatic carbocycles. The number of hydrogen-bond acceptors (Lipinski definition) is 2. The number of nitrogens with one attached hydrogen (secondary N) is 1. The van der Waals surface area contributed by atoms with E-state index in [9.17, 15) is 4.79 Å². The van der Waals surface area contributed by atoms with Crippen molar-refractivity contribution in [3.05, 3.63) is 28.5 Å². The summed E-state index contributed by atoms with van der Waals surface area (Å²) in [5, 5.41) is 3.48. The molecule has 1 heterocycles. The zero-order chi connectivity index (χ0) is 15.1. The van der Waals surface area contributed by atoms with Gasteiger partial charge in [-0.1, -0.05) is 32.4 Å². The Morgan fingerprint density at radius 3 is 2.35 bits per heavy atom. The van der Waals surface area contributed by atoms with Crippen LogP contribution in [-0.2, 0) is 5.41 Å². The molecule has 110 valence electrons. The predicted molar refractivity (Wildman–Crippen MR) is 82.2 cm³/mol. The molecule has 1 saturated carbocycles. The second kappa shape index (κ2) is 5.03. The second-order valence-corrected chi connectivity index (χ2v) is 7.65. The van der Waals surface area contributed by atoms with E-state index in [0.29, 0.717) is 16.6 Å². The summed E-state index contributed by atoms with van der Waals surface area (Å²) in [5.41, 5.74) is 1.13. The molecule has 0 bridgehead atoms. The normalized spacial score (nSPS) is 16.1. The lowest BCUT2D eigenvalue weighted by Crippen LogP contribution is -2.45. The smallest absolute Gasteiger partial charge is 0.251 e. The highest BCUT2D eigenvalue weighted by Gasteiger charge is 2.39. The molecule has 0 saturated heterocycles. The molecule has 2 rings (SSSR count). The molecule has 1 aromatic heterocycles. The van der Waals surface area contributed by atoms with Gasteiger partial charge >= 0.3 is 0 Å². The summed E-state index contributed by atoms with van der Waals surface area (Å²) in [6.45, 7) is 10.3. The first-order valence-corrected chi connectivity index (χ1v) is 7.48. The molecule has 0 unspecified atom stereocenters. The maximum atomic E-state index is 12.4. The first kappa shape index (κ1) is 15.3. The molecule has 20 heavy (non-hydrogen) atoms. The quantitative estimate of drug-likeness (QED) is 0.858. The van der Waals surface area contributed by atoms with Crippen LogP contribution in [0.25, 0.3) is 0 Å². The third kappa shape index (κ3) is 3.51. The lowest BCUT2D eigenvalue weighted by atomic mass is 9.90. The fourth-order valence-electron chi connectivity index (χ4n) is 2.28. The van der Waals surface area contributed by atoms with Gasteiger partial charge in [0.2, 0.25) is 0 Å². The number of carbonyl (C=O) groups is 1. The van der Waals surface area contributed by atoms with Gasteiger partial charge in [-0.3, -0.25) is 4.79 Å². The van der Waals surface area contributed by atoms with Gasteiger partial charge in [0.1, 0.15) is 5.15 Å². The zero-order valence-electron chi connectivity index (χ0n) is 12.9. The van der Waals surface area contributed by atoms with Gasteiger partial charge in [-0.15, -0.1) is 0 Å². The SMILES string of the molecule is CC(C)(C)c1cc(C(=O)NC(C)(C)C2CC2)cc(Cl)n1. The van der Waals surface area contributed by atoms with Gasteiger partial charge in [0.25, 0.3) is 5.91 Å². The summed E-state index contributed by atoms with van der Waals surface area (Å²) in [6, 6.07) is 3.47. The van der Waals surface area contributed by atoms with E-state index in [2.05, 4.69) is 44.9 Å². The van der Waals surface area contributed by atoms with E-state index in [1.807, 2.05) is 6.07 Å². The van der Waals surface area contributed by atoms with Gasteiger partial charge in [-0.2, -0.15) is 0 Å². The van der Waals surface area contributed by atoms with E-state index < -0.39 is 0 Å². The van der Waals surface area contributed by atoms with Crippen LogP contribution in [0.4, 0.5) is 0 Å². The summed E-state index contributed by atoms with van der Waals surface area (Å²) in [7, 11) is 0. The Morgan fingerprint density at radius 1 is 1.25 bits per heavy atom. The summed E-state index contributed by atoms with van der Waals surface area (Å²) in [4.78, 5) is 16.7. The molecule has 1 aromatic rings. The molecular weight excluding hydrogens is 272 g/mol. The number of halogens is 1. The Bertz CT molecular complexity index is 528. The molecule has 0 radical (unpaired) electrons. The van der Waals surface area contributed by atoms with Crippen LogP contribution in [0.2, 0.25) is 5.15 Å². The van der Waals surface area contributed by atoms with Gasteiger partial charge in [-0.25, -0.2) is 4.98 Å². The summed E-state index contributed by atoms with van der Waals surface area (Å²) >= 11 is 6.06. The monoisotopic (exact) mass is 294 g/mol. The van der Waals surface area contributed by atoms with Gasteiger partial charge in [0.05, 0.1) is 0 Å². The minimum Gasteiger partial charge on any atom is -0.347 e. The Morgan fingerprint density at radius 2 is 1.85 bits per heavy atom. The van der Waals surface area contributed by atoms with E-state index in [-0.39, 0.29) is 16.9 Å². The molecule has 1 aliphatic rings. The van der Waals surface area contributed by atoms with E-state index in [1.165, 1.54) is 12.8 Å². The van der Waals surface area contributed by atoms with Crippen LogP contribution in [0.5, 0.6) is 0 Å². The number of rotatable bonds is 3. The van der Waals surface area contributed by atoms with Gasteiger partial charge in [0.15, 0.2) is 0 Å². The van der Waals surface area contributed by atoms with Gasteiger partial charge in [-0.05, 0) is 44.7 Å². The second-order valence-electron chi connectivity index (χ2n) is 7.26. The van der Waals surface area contributed by atoms with E-state index in [1.54, 1.807) is 6.07 Å². The molecule has 4 heteroatoms. The highest BCUT2D eigenvalue weighted by atomic mass is 35.5. The van der Waals surface area contributed by atoms with Crippen LogP contribution in [0.1, 0.15) is 63.5 Å². The van der Waals surface area contributed by atoms with Crippen molar-refractivity contribution in [2.24, 2.45) is 5.92 Å². The lowest BCUT2D eigenvalue weighted by Gasteiger charge is -2.26. The van der Waals surface area contributed by atoms with E-state index in [0.717, 1.165) is 5.69 Å². The number of pyridine rings is 1. The highest BCUT2D eigenvalue weighted by molar-refractivity contribution is 6.29. The summed E-state index contributed by atoms with van der Waals surface area (Å²) in [5.74, 6) is 0.516. The first-order valence-electron chi connectivity index (χ1n) is 7.10. The van der Waals surface area contributed by atoms with Crippen molar-refractivity contribution in [2.45, 2.75) is 58.4 Å². The minimum absolute atomic E-state index is 0.0725. The van der Waals surface area contributed by atoms with Crippen LogP contribution in [0.3, 0.4) is 0 Å². The average Bonchev–Trinajstić information content (AvgIpc) is 3.10. The molecule has 1 aliphatic carbocycles. The van der Waals surface area contributed by atoms with E-state index in [4.69, 9.17) is 11.6 Å². The topological polar surface area (TPSA) is 42.0 Å². The van der Waals surface area contributed by atoms with Gasteiger partial charge < -0.3 is 5.32 Å². The van der Waals surface area contributed by atoms with Crippen molar-refractivity contribution in [3.8, 4) is 0 Å². The molecule has 0 spiro atoms. The maximum Gasteiger partial charge on any atom is 0.251 e. The molecular formula is C16H23ClN2O. The number of amides is 1. The standard InChI is InChI=1S/C16H23ClN2O/c1-15(2,3)12-8-10(9-13(17)18-12)14(20)19-16(4,5)11-6-7-11/h8-9,11H,6-7H2,1-5H3,(H,19,20). The summed E-state index contributed by atoms with van der Waals surface area (Å²) < 4.78 is 0. The van der Waals surface area contributed by atoms with Crippen molar-refractivity contribution < 1.29 is 4.79 Å². The predicted octanol–water partition coefficient (Wildman–Crippen LogP) is 3.95. The van der Waals surface area contributed by atoms with Crippen LogP contribution < -0.4 is 5.32 Å². The number of nitrogens with zero attached hydrogens (tertiary/aromatic N) is 1. The third-order valence-electron chi connectivity index (χ3n) is 3.86. The van der Waals surface area contributed by atoms with Crippen molar-refractivity contribution in [1.29, 1.82) is 0 Å². The largest absolute Gasteiger partial charge is 0.347 e. The van der Waals surface area contributed by atoms with E-state index >= 15 is 0 Å². The Balaban J connectivity index is 2.23. The van der Waals surface area contributed by atoms with Crippen LogP contribution in [0.15, 0.2) is 12.1 Å².